The lowest BCUT2D eigenvalue weighted by atomic mass is 10.1. The minimum absolute atomic E-state index is 0.0347. The Balaban J connectivity index is 1.60. The number of nitrogens with one attached hydrogen (secondary N) is 2. The zero-order valence-electron chi connectivity index (χ0n) is 18.1. The first-order chi connectivity index (χ1) is 15.1. The molecule has 32 heavy (non-hydrogen) atoms. The van der Waals surface area contributed by atoms with Crippen LogP contribution in [0.1, 0.15) is 19.6 Å². The number of furan rings is 1. The lowest BCUT2D eigenvalue weighted by molar-refractivity contribution is 0.407. The van der Waals surface area contributed by atoms with Gasteiger partial charge in [0, 0.05) is 30.9 Å². The fraction of sp³-hybridized carbons (Fsp3) is 0.304. The average molecular weight is 460 g/mol. The van der Waals surface area contributed by atoms with E-state index in [0.717, 1.165) is 24.8 Å². The maximum Gasteiger partial charge on any atom is 0.262 e. The number of hydrogen-bond donors (Lipinski definition) is 3. The normalized spacial score (nSPS) is 19.2. The van der Waals surface area contributed by atoms with E-state index in [4.69, 9.17) is 4.42 Å². The summed E-state index contributed by atoms with van der Waals surface area (Å²) >= 11 is 0. The van der Waals surface area contributed by atoms with E-state index in [9.17, 15) is 17.9 Å². The molecule has 0 radical (unpaired) electrons. The van der Waals surface area contributed by atoms with Crippen molar-refractivity contribution in [3.05, 3.63) is 60.1 Å². The van der Waals surface area contributed by atoms with Crippen molar-refractivity contribution in [1.29, 1.82) is 0 Å². The first kappa shape index (κ1) is 22.2. The number of anilines is 2. The van der Waals surface area contributed by atoms with E-state index in [1.54, 1.807) is 31.2 Å². The van der Waals surface area contributed by atoms with Gasteiger partial charge in [0.05, 0.1) is 16.1 Å². The van der Waals surface area contributed by atoms with Gasteiger partial charge in [0.1, 0.15) is 23.1 Å². The number of rotatable bonds is 5. The second-order valence-corrected chi connectivity index (χ2v) is 9.92. The number of halogens is 1. The van der Waals surface area contributed by atoms with Crippen molar-refractivity contribution in [1.82, 2.24) is 5.32 Å². The van der Waals surface area contributed by atoms with Crippen LogP contribution in [0.5, 0.6) is 5.75 Å². The quantitative estimate of drug-likeness (QED) is 0.498. The lowest BCUT2D eigenvalue weighted by Gasteiger charge is -2.37. The van der Waals surface area contributed by atoms with E-state index in [0.29, 0.717) is 11.5 Å². The highest BCUT2D eigenvalue weighted by molar-refractivity contribution is 7.92. The molecule has 3 aromatic rings. The highest BCUT2D eigenvalue weighted by Gasteiger charge is 2.23. The molecule has 0 spiro atoms. The van der Waals surface area contributed by atoms with Crippen LogP contribution in [0.4, 0.5) is 15.8 Å². The fourth-order valence-electron chi connectivity index (χ4n) is 3.99. The van der Waals surface area contributed by atoms with Crippen molar-refractivity contribution in [3.63, 3.8) is 0 Å². The lowest BCUT2D eigenvalue weighted by Crippen LogP contribution is -2.54. The van der Waals surface area contributed by atoms with Crippen LogP contribution in [0, 0.1) is 12.7 Å². The van der Waals surface area contributed by atoms with Crippen LogP contribution in [-0.2, 0) is 10.0 Å². The van der Waals surface area contributed by atoms with Crippen LogP contribution in [0.25, 0.3) is 11.3 Å². The first-order valence-electron chi connectivity index (χ1n) is 10.4. The predicted molar refractivity (Wildman–Crippen MR) is 122 cm³/mol. The Morgan fingerprint density at radius 3 is 2.44 bits per heavy atom. The van der Waals surface area contributed by atoms with Gasteiger partial charge in [-0.05, 0) is 69.3 Å². The minimum atomic E-state index is -4.13. The van der Waals surface area contributed by atoms with Crippen LogP contribution in [0.3, 0.4) is 0 Å². The number of aryl methyl sites for hydroxylation is 1. The van der Waals surface area contributed by atoms with Gasteiger partial charge in [-0.15, -0.1) is 0 Å². The average Bonchev–Trinajstić information content (AvgIpc) is 3.14. The van der Waals surface area contributed by atoms with E-state index >= 15 is 0 Å². The van der Waals surface area contributed by atoms with Gasteiger partial charge in [-0.25, -0.2) is 12.8 Å². The molecule has 1 aliphatic rings. The Bertz CT molecular complexity index is 1230. The molecular formula is C23H26FN3O4S. The molecule has 0 unspecified atom stereocenters. The third-order valence-electron chi connectivity index (χ3n) is 5.40. The van der Waals surface area contributed by atoms with Crippen molar-refractivity contribution in [3.8, 4) is 17.1 Å². The number of nitrogens with zero attached hydrogens (tertiary/aromatic N) is 1. The summed E-state index contributed by atoms with van der Waals surface area (Å²) in [7, 11) is -4.13. The third kappa shape index (κ3) is 4.58. The molecule has 4 rings (SSSR count). The van der Waals surface area contributed by atoms with E-state index in [2.05, 4.69) is 28.8 Å². The number of aromatic hydroxyl groups is 1. The Hall–Kier alpha value is -3.04. The molecule has 0 aliphatic carbocycles. The zero-order chi connectivity index (χ0) is 23.0. The summed E-state index contributed by atoms with van der Waals surface area (Å²) in [5, 5.41) is 13.7. The number of piperazine rings is 1. The van der Waals surface area contributed by atoms with Crippen molar-refractivity contribution >= 4 is 21.4 Å². The van der Waals surface area contributed by atoms with Gasteiger partial charge in [-0.2, -0.15) is 0 Å². The van der Waals surface area contributed by atoms with E-state index < -0.39 is 15.8 Å². The molecule has 9 heteroatoms. The van der Waals surface area contributed by atoms with Crippen molar-refractivity contribution in [2.24, 2.45) is 0 Å². The number of phenolic OH excluding ortho intramolecular Hbond substituents is 1. The number of benzene rings is 2. The molecule has 0 bridgehead atoms. The van der Waals surface area contributed by atoms with Gasteiger partial charge < -0.3 is 19.7 Å². The molecule has 1 fully saturated rings. The van der Waals surface area contributed by atoms with Crippen LogP contribution < -0.4 is 14.9 Å². The second-order valence-electron chi connectivity index (χ2n) is 8.23. The van der Waals surface area contributed by atoms with Crippen molar-refractivity contribution in [2.75, 3.05) is 22.7 Å². The maximum atomic E-state index is 14.7. The smallest absolute Gasteiger partial charge is 0.262 e. The summed E-state index contributed by atoms with van der Waals surface area (Å²) in [6.07, 6.45) is 0. The number of sulfonamides is 1. The molecular weight excluding hydrogens is 433 g/mol. The zero-order valence-corrected chi connectivity index (χ0v) is 18.9. The Kier molecular flexibility index (Phi) is 5.87. The largest absolute Gasteiger partial charge is 0.506 e. The molecule has 0 saturated carbocycles. The number of hydrogen-bond acceptors (Lipinski definition) is 6. The molecule has 2 heterocycles. The molecule has 1 saturated heterocycles. The minimum Gasteiger partial charge on any atom is -0.506 e. The van der Waals surface area contributed by atoms with Crippen molar-refractivity contribution in [2.45, 2.75) is 37.8 Å². The molecule has 3 N–H and O–H groups in total. The highest BCUT2D eigenvalue weighted by Crippen LogP contribution is 2.32. The number of phenols is 1. The highest BCUT2D eigenvalue weighted by atomic mass is 32.2. The van der Waals surface area contributed by atoms with Crippen molar-refractivity contribution < 1.29 is 22.3 Å². The van der Waals surface area contributed by atoms with Gasteiger partial charge >= 0.3 is 0 Å². The van der Waals surface area contributed by atoms with Crippen LogP contribution >= 0.6 is 0 Å². The SMILES string of the molecule is Cc1ccc(-c2ccc(S(=O)(=O)Nc3cc(N4C[C@@H](C)N[C@@H](C)C4)ccc3O)cc2F)o1. The van der Waals surface area contributed by atoms with Crippen LogP contribution in [-0.4, -0.2) is 38.7 Å². The fourth-order valence-corrected chi connectivity index (χ4v) is 5.06. The third-order valence-corrected chi connectivity index (χ3v) is 6.77. The maximum absolute atomic E-state index is 14.7. The van der Waals surface area contributed by atoms with E-state index in [1.807, 2.05) is 0 Å². The molecule has 0 amide bonds. The molecule has 1 aliphatic heterocycles. The summed E-state index contributed by atoms with van der Waals surface area (Å²) < 4.78 is 48.3. The van der Waals surface area contributed by atoms with Gasteiger partial charge in [-0.3, -0.25) is 4.72 Å². The first-order valence-corrected chi connectivity index (χ1v) is 11.8. The Labute approximate surface area is 186 Å². The summed E-state index contributed by atoms with van der Waals surface area (Å²) in [5.41, 5.74) is 0.992. The summed E-state index contributed by atoms with van der Waals surface area (Å²) in [4.78, 5) is 1.87. The second kappa shape index (κ2) is 8.48. The molecule has 2 atom stereocenters. The summed E-state index contributed by atoms with van der Waals surface area (Å²) in [5.74, 6) is 0.0174. The molecule has 170 valence electrons. The van der Waals surface area contributed by atoms with Crippen LogP contribution in [0.15, 0.2) is 57.8 Å². The molecule has 7 nitrogen and oxygen atoms in total. The Morgan fingerprint density at radius 2 is 1.81 bits per heavy atom. The Morgan fingerprint density at radius 1 is 1.09 bits per heavy atom. The molecule has 2 aromatic carbocycles. The van der Waals surface area contributed by atoms with E-state index in [1.165, 1.54) is 18.2 Å². The standard InChI is InChI=1S/C23H26FN3O4S/c1-14-12-27(13-15(2)25-14)17-5-8-22(28)21(10-17)26-32(29,30)18-6-7-19(20(24)11-18)23-9-4-16(3)31-23/h4-11,14-15,25-26,28H,12-13H2,1-3H3/t14-,15+. The van der Waals surface area contributed by atoms with Crippen LogP contribution in [0.2, 0.25) is 0 Å². The molecule has 1 aromatic heterocycles. The van der Waals surface area contributed by atoms with Gasteiger partial charge in [-0.1, -0.05) is 0 Å². The topological polar surface area (TPSA) is 94.8 Å². The monoisotopic (exact) mass is 459 g/mol. The van der Waals surface area contributed by atoms with Gasteiger partial charge in [0.25, 0.3) is 10.0 Å². The predicted octanol–water partition coefficient (Wildman–Crippen LogP) is 4.09. The van der Waals surface area contributed by atoms with Gasteiger partial charge in [0.15, 0.2) is 0 Å². The summed E-state index contributed by atoms with van der Waals surface area (Å²) in [6.45, 7) is 7.40. The van der Waals surface area contributed by atoms with Gasteiger partial charge in [0.2, 0.25) is 0 Å². The summed E-state index contributed by atoms with van der Waals surface area (Å²) in [6, 6.07) is 12.3. The van der Waals surface area contributed by atoms with E-state index in [-0.39, 0.29) is 34.0 Å².